The molecule has 0 saturated heterocycles. The van der Waals surface area contributed by atoms with E-state index < -0.39 is 0 Å². The molecule has 0 aliphatic carbocycles. The zero-order valence-electron chi connectivity index (χ0n) is 12.5. The number of hydrogen-bond donors (Lipinski definition) is 1. The average Bonchev–Trinajstić information content (AvgIpc) is 2.45. The summed E-state index contributed by atoms with van der Waals surface area (Å²) in [5.41, 5.74) is 9.45. The van der Waals surface area contributed by atoms with Gasteiger partial charge in [-0.25, -0.2) is 0 Å². The fourth-order valence-corrected chi connectivity index (χ4v) is 3.08. The molecule has 0 radical (unpaired) electrons. The van der Waals surface area contributed by atoms with Gasteiger partial charge >= 0.3 is 0 Å². The summed E-state index contributed by atoms with van der Waals surface area (Å²) in [6.45, 7) is 4.15. The van der Waals surface area contributed by atoms with Crippen molar-refractivity contribution >= 4 is 33.2 Å². The minimum absolute atomic E-state index is 0.0194. The van der Waals surface area contributed by atoms with Crippen LogP contribution in [0.15, 0.2) is 46.9 Å². The second-order valence-electron chi connectivity index (χ2n) is 5.30. The van der Waals surface area contributed by atoms with Gasteiger partial charge in [0.1, 0.15) is 0 Å². The maximum absolute atomic E-state index is 6.32. The van der Waals surface area contributed by atoms with E-state index in [9.17, 15) is 0 Å². The van der Waals surface area contributed by atoms with E-state index >= 15 is 0 Å². The maximum Gasteiger partial charge on any atom is 0.0525 e. The summed E-state index contributed by atoms with van der Waals surface area (Å²) in [4.78, 5) is 2.21. The van der Waals surface area contributed by atoms with Crippen LogP contribution in [0.3, 0.4) is 0 Å². The van der Waals surface area contributed by atoms with Crippen molar-refractivity contribution in [3.05, 3.63) is 63.1 Å². The molecule has 2 aromatic carbocycles. The van der Waals surface area contributed by atoms with E-state index in [2.05, 4.69) is 53.0 Å². The number of anilines is 1. The van der Waals surface area contributed by atoms with Crippen LogP contribution in [0.4, 0.5) is 5.69 Å². The topological polar surface area (TPSA) is 29.3 Å². The third kappa shape index (κ3) is 3.60. The van der Waals surface area contributed by atoms with E-state index in [1.165, 1.54) is 0 Å². The predicted molar refractivity (Wildman–Crippen MR) is 95.0 cm³/mol. The molecular weight excluding hydrogens is 348 g/mol. The lowest BCUT2D eigenvalue weighted by atomic mass is 10.0. The van der Waals surface area contributed by atoms with Gasteiger partial charge in [0.2, 0.25) is 0 Å². The first-order valence-electron chi connectivity index (χ1n) is 6.94. The minimum Gasteiger partial charge on any atom is -0.367 e. The lowest BCUT2D eigenvalue weighted by molar-refractivity contribution is 0.722. The molecule has 0 bridgehead atoms. The summed E-state index contributed by atoms with van der Waals surface area (Å²) in [7, 11) is 2.07. The molecule has 2 nitrogen and oxygen atoms in total. The quantitative estimate of drug-likeness (QED) is 0.792. The first kappa shape index (κ1) is 16.3. The molecule has 0 heterocycles. The average molecular weight is 368 g/mol. The Hall–Kier alpha value is -1.03. The number of nitrogens with zero attached hydrogens (tertiary/aromatic N) is 1. The Bertz CT molecular complexity index is 628. The molecule has 0 fully saturated rings. The van der Waals surface area contributed by atoms with Crippen molar-refractivity contribution in [1.82, 2.24) is 0 Å². The molecule has 0 saturated carbocycles. The third-order valence-electron chi connectivity index (χ3n) is 3.80. The highest BCUT2D eigenvalue weighted by molar-refractivity contribution is 9.10. The molecule has 0 spiro atoms. The number of benzene rings is 2. The van der Waals surface area contributed by atoms with E-state index in [0.29, 0.717) is 0 Å². The first-order valence-corrected chi connectivity index (χ1v) is 8.11. The molecule has 2 N–H and O–H groups in total. The van der Waals surface area contributed by atoms with Crippen molar-refractivity contribution in [2.24, 2.45) is 5.73 Å². The molecule has 2 rings (SSSR count). The molecule has 2 atom stereocenters. The van der Waals surface area contributed by atoms with Crippen molar-refractivity contribution in [2.75, 3.05) is 11.9 Å². The van der Waals surface area contributed by atoms with Gasteiger partial charge in [-0.1, -0.05) is 51.8 Å². The van der Waals surface area contributed by atoms with Gasteiger partial charge in [-0.3, -0.25) is 0 Å². The molecule has 2 unspecified atom stereocenters. The number of halogens is 2. The van der Waals surface area contributed by atoms with Crippen LogP contribution in [0.2, 0.25) is 5.02 Å². The van der Waals surface area contributed by atoms with E-state index in [0.717, 1.165) is 26.3 Å². The first-order chi connectivity index (χ1) is 9.91. The predicted octanol–water partition coefficient (Wildman–Crippen LogP) is 5.32. The molecule has 4 heteroatoms. The van der Waals surface area contributed by atoms with Gasteiger partial charge in [0.25, 0.3) is 0 Å². The Labute approximate surface area is 140 Å². The maximum atomic E-state index is 6.32. The smallest absolute Gasteiger partial charge is 0.0525 e. The number of hydrogen-bond acceptors (Lipinski definition) is 2. The van der Waals surface area contributed by atoms with E-state index in [1.807, 2.05) is 31.2 Å². The Kier molecular flexibility index (Phi) is 5.31. The highest BCUT2D eigenvalue weighted by Crippen LogP contribution is 2.35. The second kappa shape index (κ2) is 6.82. The van der Waals surface area contributed by atoms with E-state index in [4.69, 9.17) is 17.3 Å². The van der Waals surface area contributed by atoms with Crippen LogP contribution in [0.25, 0.3) is 0 Å². The summed E-state index contributed by atoms with van der Waals surface area (Å²) in [6, 6.07) is 14.3. The van der Waals surface area contributed by atoms with Crippen molar-refractivity contribution in [1.29, 1.82) is 0 Å². The van der Waals surface area contributed by atoms with Gasteiger partial charge < -0.3 is 10.6 Å². The van der Waals surface area contributed by atoms with Crippen molar-refractivity contribution < 1.29 is 0 Å². The molecule has 0 aliphatic rings. The van der Waals surface area contributed by atoms with Crippen LogP contribution in [-0.4, -0.2) is 7.05 Å². The second-order valence-corrected chi connectivity index (χ2v) is 6.62. The molecule has 0 amide bonds. The van der Waals surface area contributed by atoms with Gasteiger partial charge in [-0.2, -0.15) is 0 Å². The fraction of sp³-hybridized carbons (Fsp3) is 0.294. The number of nitrogens with two attached hydrogens (primary N) is 1. The monoisotopic (exact) mass is 366 g/mol. The van der Waals surface area contributed by atoms with Gasteiger partial charge in [0.05, 0.1) is 6.04 Å². The number of rotatable bonds is 4. The Morgan fingerprint density at radius 2 is 1.76 bits per heavy atom. The van der Waals surface area contributed by atoms with Crippen molar-refractivity contribution in [3.63, 3.8) is 0 Å². The SMILES string of the molecule is CC(N)c1ccc(Br)cc1N(C)C(C)c1ccccc1Cl. The molecule has 2 aromatic rings. The fourth-order valence-electron chi connectivity index (χ4n) is 2.44. The van der Waals surface area contributed by atoms with Crippen LogP contribution in [0.1, 0.15) is 37.1 Å². The van der Waals surface area contributed by atoms with Gasteiger partial charge in [-0.15, -0.1) is 0 Å². The van der Waals surface area contributed by atoms with Crippen LogP contribution in [-0.2, 0) is 0 Å². The molecule has 112 valence electrons. The standard InChI is InChI=1S/C17H20BrClN2/c1-11(20)14-9-8-13(18)10-17(14)21(3)12(2)15-6-4-5-7-16(15)19/h4-12H,20H2,1-3H3. The normalized spacial score (nSPS) is 13.8. The van der Waals surface area contributed by atoms with Crippen LogP contribution in [0.5, 0.6) is 0 Å². The Morgan fingerprint density at radius 3 is 2.38 bits per heavy atom. The minimum atomic E-state index is -0.0194. The molecule has 0 aromatic heterocycles. The molecule has 21 heavy (non-hydrogen) atoms. The summed E-state index contributed by atoms with van der Waals surface area (Å²) < 4.78 is 1.04. The highest BCUT2D eigenvalue weighted by Gasteiger charge is 2.18. The van der Waals surface area contributed by atoms with E-state index in [1.54, 1.807) is 0 Å². The Morgan fingerprint density at radius 1 is 1.10 bits per heavy atom. The third-order valence-corrected chi connectivity index (χ3v) is 4.64. The van der Waals surface area contributed by atoms with Crippen LogP contribution >= 0.6 is 27.5 Å². The lowest BCUT2D eigenvalue weighted by Crippen LogP contribution is -2.24. The van der Waals surface area contributed by atoms with Gasteiger partial charge in [-0.05, 0) is 43.2 Å². The van der Waals surface area contributed by atoms with Crippen molar-refractivity contribution in [3.8, 4) is 0 Å². The van der Waals surface area contributed by atoms with Crippen molar-refractivity contribution in [2.45, 2.75) is 25.9 Å². The molecular formula is C17H20BrClN2. The largest absolute Gasteiger partial charge is 0.367 e. The van der Waals surface area contributed by atoms with Crippen LogP contribution < -0.4 is 10.6 Å². The van der Waals surface area contributed by atoms with E-state index in [-0.39, 0.29) is 12.1 Å². The zero-order valence-corrected chi connectivity index (χ0v) is 14.8. The summed E-state index contributed by atoms with van der Waals surface area (Å²) in [6.07, 6.45) is 0. The zero-order chi connectivity index (χ0) is 15.6. The lowest BCUT2D eigenvalue weighted by Gasteiger charge is -2.31. The molecule has 0 aliphatic heterocycles. The summed E-state index contributed by atoms with van der Waals surface area (Å²) in [5.74, 6) is 0. The summed E-state index contributed by atoms with van der Waals surface area (Å²) in [5, 5.41) is 0.786. The van der Waals surface area contributed by atoms with Gasteiger partial charge in [0.15, 0.2) is 0 Å². The highest BCUT2D eigenvalue weighted by atomic mass is 79.9. The summed E-state index contributed by atoms with van der Waals surface area (Å²) >= 11 is 9.86. The van der Waals surface area contributed by atoms with Gasteiger partial charge in [0, 0.05) is 28.3 Å². The van der Waals surface area contributed by atoms with Crippen LogP contribution in [0, 0.1) is 0 Å². The Balaban J connectivity index is 2.42.